The smallest absolute Gasteiger partial charge is 0.111 e. The maximum Gasteiger partial charge on any atom is 0.111 e. The van der Waals surface area contributed by atoms with Crippen molar-refractivity contribution in [2.45, 2.75) is 33.4 Å². The Morgan fingerprint density at radius 1 is 1.55 bits per heavy atom. The second-order valence-electron chi connectivity index (χ2n) is 2.82. The van der Waals surface area contributed by atoms with Gasteiger partial charge in [-0.15, -0.1) is 5.10 Å². The van der Waals surface area contributed by atoms with Gasteiger partial charge < -0.3 is 5.11 Å². The number of hydrogen-bond acceptors (Lipinski definition) is 3. The van der Waals surface area contributed by atoms with Gasteiger partial charge in [-0.25, -0.2) is 4.68 Å². The van der Waals surface area contributed by atoms with Gasteiger partial charge in [-0.2, -0.15) is 0 Å². The van der Waals surface area contributed by atoms with E-state index in [1.807, 2.05) is 20.8 Å². The van der Waals surface area contributed by atoms with E-state index in [0.717, 1.165) is 5.69 Å². The fraction of sp³-hybridized carbons (Fsp3) is 0.714. The Labute approximate surface area is 65.8 Å². The van der Waals surface area contributed by atoms with Crippen LogP contribution < -0.4 is 0 Å². The molecule has 0 aromatic carbocycles. The predicted octanol–water partition coefficient (Wildman–Crippen LogP) is 0.660. The minimum atomic E-state index is -0.0292. The molecule has 0 bridgehead atoms. The molecule has 0 spiro atoms. The van der Waals surface area contributed by atoms with Crippen LogP contribution in [-0.4, -0.2) is 20.1 Å². The van der Waals surface area contributed by atoms with Crippen molar-refractivity contribution in [2.75, 3.05) is 0 Å². The molecule has 0 aliphatic rings. The first-order valence-electron chi connectivity index (χ1n) is 3.68. The second kappa shape index (κ2) is 3.00. The normalized spacial score (nSPS) is 11.0. The lowest BCUT2D eigenvalue weighted by atomic mass is 10.3. The molecule has 1 aromatic rings. The van der Waals surface area contributed by atoms with E-state index in [2.05, 4.69) is 10.3 Å². The third-order valence-corrected chi connectivity index (χ3v) is 1.66. The Morgan fingerprint density at radius 3 is 2.45 bits per heavy atom. The van der Waals surface area contributed by atoms with Crippen LogP contribution in [0.4, 0.5) is 0 Å². The van der Waals surface area contributed by atoms with Crippen LogP contribution in [0.1, 0.15) is 31.3 Å². The predicted molar refractivity (Wildman–Crippen MR) is 41.1 cm³/mol. The fourth-order valence-corrected chi connectivity index (χ4v) is 1.01. The monoisotopic (exact) mass is 155 g/mol. The highest BCUT2D eigenvalue weighted by Gasteiger charge is 2.08. The maximum absolute atomic E-state index is 8.80. The molecular formula is C7H13N3O. The largest absolute Gasteiger partial charge is 0.390 e. The van der Waals surface area contributed by atoms with Gasteiger partial charge in [0.25, 0.3) is 0 Å². The second-order valence-corrected chi connectivity index (χ2v) is 2.82. The highest BCUT2D eigenvalue weighted by atomic mass is 16.3. The number of aliphatic hydroxyl groups excluding tert-OH is 1. The van der Waals surface area contributed by atoms with Gasteiger partial charge in [-0.05, 0) is 20.8 Å². The summed E-state index contributed by atoms with van der Waals surface area (Å²) in [5.41, 5.74) is 1.61. The SMILES string of the molecule is Cc1c(CO)nnn1C(C)C. The molecule has 4 nitrogen and oxygen atoms in total. The summed E-state index contributed by atoms with van der Waals surface area (Å²) < 4.78 is 1.80. The van der Waals surface area contributed by atoms with Gasteiger partial charge in [0, 0.05) is 6.04 Å². The van der Waals surface area contributed by atoms with Crippen molar-refractivity contribution >= 4 is 0 Å². The number of hydrogen-bond donors (Lipinski definition) is 1. The van der Waals surface area contributed by atoms with E-state index in [9.17, 15) is 0 Å². The lowest BCUT2D eigenvalue weighted by Gasteiger charge is -2.05. The summed E-state index contributed by atoms with van der Waals surface area (Å²) in [6.45, 7) is 5.94. The first kappa shape index (κ1) is 8.20. The van der Waals surface area contributed by atoms with Gasteiger partial charge in [-0.3, -0.25) is 0 Å². The molecule has 0 aliphatic carbocycles. The van der Waals surface area contributed by atoms with Gasteiger partial charge in [0.05, 0.1) is 12.3 Å². The van der Waals surface area contributed by atoms with Crippen molar-refractivity contribution in [3.05, 3.63) is 11.4 Å². The van der Waals surface area contributed by atoms with Crippen molar-refractivity contribution in [1.29, 1.82) is 0 Å². The number of nitrogens with zero attached hydrogens (tertiary/aromatic N) is 3. The summed E-state index contributed by atoms with van der Waals surface area (Å²) in [5.74, 6) is 0. The van der Waals surface area contributed by atoms with Crippen LogP contribution in [0, 0.1) is 6.92 Å². The van der Waals surface area contributed by atoms with Crippen LogP contribution in [-0.2, 0) is 6.61 Å². The van der Waals surface area contributed by atoms with E-state index in [-0.39, 0.29) is 6.61 Å². The summed E-state index contributed by atoms with van der Waals surface area (Å²) in [6, 6.07) is 0.308. The Kier molecular flexibility index (Phi) is 2.24. The average Bonchev–Trinajstić information content (AvgIpc) is 2.30. The molecule has 0 fully saturated rings. The van der Waals surface area contributed by atoms with Crippen LogP contribution in [0.3, 0.4) is 0 Å². The van der Waals surface area contributed by atoms with E-state index in [1.165, 1.54) is 0 Å². The molecule has 1 rings (SSSR count). The highest BCUT2D eigenvalue weighted by Crippen LogP contribution is 2.09. The van der Waals surface area contributed by atoms with Gasteiger partial charge in [0.2, 0.25) is 0 Å². The van der Waals surface area contributed by atoms with E-state index >= 15 is 0 Å². The maximum atomic E-state index is 8.80. The first-order valence-corrected chi connectivity index (χ1v) is 3.68. The van der Waals surface area contributed by atoms with Crippen LogP contribution in [0.2, 0.25) is 0 Å². The van der Waals surface area contributed by atoms with E-state index < -0.39 is 0 Å². The Morgan fingerprint density at radius 2 is 2.18 bits per heavy atom. The van der Waals surface area contributed by atoms with Crippen molar-refractivity contribution in [2.24, 2.45) is 0 Å². The molecule has 1 N–H and O–H groups in total. The van der Waals surface area contributed by atoms with Gasteiger partial charge in [0.1, 0.15) is 5.69 Å². The van der Waals surface area contributed by atoms with Crippen molar-refractivity contribution < 1.29 is 5.11 Å². The molecule has 0 atom stereocenters. The number of rotatable bonds is 2. The Balaban J connectivity index is 3.00. The molecule has 0 radical (unpaired) electrons. The van der Waals surface area contributed by atoms with E-state index in [1.54, 1.807) is 4.68 Å². The van der Waals surface area contributed by atoms with Crippen LogP contribution in [0.15, 0.2) is 0 Å². The number of aliphatic hydroxyl groups is 1. The summed E-state index contributed by atoms with van der Waals surface area (Å²) in [4.78, 5) is 0. The van der Waals surface area contributed by atoms with Gasteiger partial charge in [-0.1, -0.05) is 5.21 Å². The first-order chi connectivity index (χ1) is 5.16. The zero-order chi connectivity index (χ0) is 8.43. The average molecular weight is 155 g/mol. The lowest BCUT2D eigenvalue weighted by Crippen LogP contribution is -2.05. The molecule has 1 heterocycles. The Hall–Kier alpha value is -0.900. The third-order valence-electron chi connectivity index (χ3n) is 1.66. The van der Waals surface area contributed by atoms with Gasteiger partial charge >= 0.3 is 0 Å². The zero-order valence-electron chi connectivity index (χ0n) is 7.07. The quantitative estimate of drug-likeness (QED) is 0.682. The van der Waals surface area contributed by atoms with E-state index in [4.69, 9.17) is 5.11 Å². The molecular weight excluding hydrogens is 142 g/mol. The molecule has 0 amide bonds. The highest BCUT2D eigenvalue weighted by molar-refractivity contribution is 5.06. The van der Waals surface area contributed by atoms with E-state index in [0.29, 0.717) is 11.7 Å². The third kappa shape index (κ3) is 1.40. The topological polar surface area (TPSA) is 50.9 Å². The van der Waals surface area contributed by atoms with Crippen molar-refractivity contribution in [1.82, 2.24) is 15.0 Å². The number of aromatic nitrogens is 3. The molecule has 0 saturated carbocycles. The molecule has 0 unspecified atom stereocenters. The molecule has 11 heavy (non-hydrogen) atoms. The van der Waals surface area contributed by atoms with Gasteiger partial charge in [0.15, 0.2) is 0 Å². The Bertz CT molecular complexity index is 242. The fourth-order valence-electron chi connectivity index (χ4n) is 1.01. The molecule has 4 heteroatoms. The van der Waals surface area contributed by atoms with Crippen LogP contribution in [0.5, 0.6) is 0 Å². The van der Waals surface area contributed by atoms with Crippen molar-refractivity contribution in [3.8, 4) is 0 Å². The minimum absolute atomic E-state index is 0.0292. The summed E-state index contributed by atoms with van der Waals surface area (Å²) in [6.07, 6.45) is 0. The standard InChI is InChI=1S/C7H13N3O/c1-5(2)10-6(3)7(4-11)8-9-10/h5,11H,4H2,1-3H3. The van der Waals surface area contributed by atoms with Crippen LogP contribution >= 0.6 is 0 Å². The summed E-state index contributed by atoms with van der Waals surface area (Å²) in [5, 5.41) is 16.5. The molecule has 0 saturated heterocycles. The zero-order valence-corrected chi connectivity index (χ0v) is 7.07. The van der Waals surface area contributed by atoms with Crippen LogP contribution in [0.25, 0.3) is 0 Å². The minimum Gasteiger partial charge on any atom is -0.390 e. The lowest BCUT2D eigenvalue weighted by molar-refractivity contribution is 0.276. The molecule has 62 valence electrons. The summed E-state index contributed by atoms with van der Waals surface area (Å²) >= 11 is 0. The summed E-state index contributed by atoms with van der Waals surface area (Å²) in [7, 11) is 0. The molecule has 1 aromatic heterocycles. The molecule has 0 aliphatic heterocycles. The van der Waals surface area contributed by atoms with Crippen molar-refractivity contribution in [3.63, 3.8) is 0 Å².